The Balaban J connectivity index is -0.0000000250. The first kappa shape index (κ1) is 43.4. The maximum absolute atomic E-state index is 9.53. The minimum atomic E-state index is -0.417. The van der Waals surface area contributed by atoms with Crippen LogP contribution in [-0.2, 0) is 16.8 Å². The molecular weight excluding hydrogens is 346 g/mol. The molecule has 0 aliphatic heterocycles. The molecule has 0 atom stereocenters. The largest absolute Gasteiger partial charge is 2.00 e. The predicted octanol–water partition coefficient (Wildman–Crippen LogP) is -1.61. The monoisotopic (exact) mass is 381 g/mol. The molecule has 5 nitrogen and oxygen atoms in total. The maximum Gasteiger partial charge on any atom is 2.00 e. The number of rotatable bonds is 0. The van der Waals surface area contributed by atoms with Gasteiger partial charge >= 0.3 is 16.8 Å². The zero-order valence-corrected chi connectivity index (χ0v) is 18.0. The SMILES string of the molecule is CC(C)[O-].CC(C)[O-].CC(C)[O-].CC(C)[O-].CC(C)[O-].[Al].[Co+2]. The van der Waals surface area contributed by atoms with Crippen LogP contribution in [-0.4, -0.2) is 47.9 Å². The van der Waals surface area contributed by atoms with Crippen molar-refractivity contribution in [3.63, 3.8) is 0 Å². The van der Waals surface area contributed by atoms with E-state index in [2.05, 4.69) is 0 Å². The molecule has 0 aromatic heterocycles. The van der Waals surface area contributed by atoms with Gasteiger partial charge in [-0.25, -0.2) is 0 Å². The summed E-state index contributed by atoms with van der Waals surface area (Å²) in [6.07, 6.45) is -2.08. The molecule has 22 heavy (non-hydrogen) atoms. The van der Waals surface area contributed by atoms with E-state index in [0.29, 0.717) is 0 Å². The molecule has 0 heterocycles. The molecule has 7 heteroatoms. The molecule has 0 bridgehead atoms. The molecular formula is C15H35AlCoO5-3. The molecule has 0 aromatic rings. The van der Waals surface area contributed by atoms with E-state index in [1.807, 2.05) is 0 Å². The van der Waals surface area contributed by atoms with Crippen molar-refractivity contribution in [1.82, 2.24) is 0 Å². The second kappa shape index (κ2) is 37.8. The van der Waals surface area contributed by atoms with E-state index in [1.165, 1.54) is 0 Å². The fourth-order valence-electron chi connectivity index (χ4n) is 0. The minimum Gasteiger partial charge on any atom is -0.852 e. The van der Waals surface area contributed by atoms with E-state index < -0.39 is 30.5 Å². The summed E-state index contributed by atoms with van der Waals surface area (Å²) in [5, 5.41) is 47.6. The van der Waals surface area contributed by atoms with Crippen LogP contribution in [0, 0.1) is 0 Å². The van der Waals surface area contributed by atoms with Crippen LogP contribution >= 0.6 is 0 Å². The summed E-state index contributed by atoms with van der Waals surface area (Å²) in [5.41, 5.74) is 0. The standard InChI is InChI=1S/5C3H7O.Al.Co/c5*1-3(2)4;;/h5*3H,1-2H3;;/q5*-1;;+2. The second-order valence-electron chi connectivity index (χ2n) is 5.24. The summed E-state index contributed by atoms with van der Waals surface area (Å²) in [6.45, 7) is 16.1. The molecule has 0 N–H and O–H groups in total. The van der Waals surface area contributed by atoms with Crippen LogP contribution in [0.25, 0.3) is 0 Å². The average molecular weight is 381 g/mol. The van der Waals surface area contributed by atoms with Crippen LogP contribution in [0.3, 0.4) is 0 Å². The van der Waals surface area contributed by atoms with Gasteiger partial charge in [0.25, 0.3) is 0 Å². The first-order chi connectivity index (χ1) is 8.66. The van der Waals surface area contributed by atoms with Crippen molar-refractivity contribution in [2.45, 2.75) is 99.8 Å². The molecule has 0 amide bonds. The minimum absolute atomic E-state index is 0. The Labute approximate surface area is 159 Å². The Morgan fingerprint density at radius 1 is 0.364 bits per heavy atom. The summed E-state index contributed by atoms with van der Waals surface area (Å²) in [5.74, 6) is 0. The smallest absolute Gasteiger partial charge is 0.852 e. The molecule has 0 spiro atoms. The van der Waals surface area contributed by atoms with E-state index in [9.17, 15) is 25.5 Å². The van der Waals surface area contributed by atoms with Crippen LogP contribution in [0.15, 0.2) is 0 Å². The Morgan fingerprint density at radius 2 is 0.364 bits per heavy atom. The number of hydrogen-bond acceptors (Lipinski definition) is 5. The zero-order valence-electron chi connectivity index (χ0n) is 15.8. The first-order valence-corrected chi connectivity index (χ1v) is 6.95. The third-order valence-electron chi connectivity index (χ3n) is 0. The van der Waals surface area contributed by atoms with Gasteiger partial charge in [0.05, 0.1) is 0 Å². The van der Waals surface area contributed by atoms with Crippen LogP contribution < -0.4 is 25.5 Å². The third-order valence-corrected chi connectivity index (χ3v) is 0. The van der Waals surface area contributed by atoms with Gasteiger partial charge in [-0.05, 0) is 0 Å². The first-order valence-electron chi connectivity index (χ1n) is 6.95. The van der Waals surface area contributed by atoms with Gasteiger partial charge in [0.1, 0.15) is 0 Å². The van der Waals surface area contributed by atoms with Gasteiger partial charge in [0.2, 0.25) is 0 Å². The van der Waals surface area contributed by atoms with Crippen molar-refractivity contribution < 1.29 is 42.3 Å². The van der Waals surface area contributed by atoms with Crippen LogP contribution in [0.2, 0.25) is 0 Å². The predicted molar refractivity (Wildman–Crippen MR) is 81.4 cm³/mol. The van der Waals surface area contributed by atoms with E-state index >= 15 is 0 Å². The molecule has 0 aromatic carbocycles. The van der Waals surface area contributed by atoms with Crippen molar-refractivity contribution in [2.24, 2.45) is 0 Å². The van der Waals surface area contributed by atoms with Gasteiger partial charge in [0, 0.05) is 17.4 Å². The topological polar surface area (TPSA) is 115 Å². The Bertz CT molecular complexity index is 86.5. The number of hydrogen-bond donors (Lipinski definition) is 0. The molecule has 0 unspecified atom stereocenters. The van der Waals surface area contributed by atoms with Gasteiger partial charge in [0.15, 0.2) is 0 Å². The summed E-state index contributed by atoms with van der Waals surface area (Å²) >= 11 is 0. The van der Waals surface area contributed by atoms with Gasteiger partial charge < -0.3 is 25.5 Å². The molecule has 0 aliphatic rings. The van der Waals surface area contributed by atoms with Gasteiger partial charge in [-0.1, -0.05) is 69.2 Å². The van der Waals surface area contributed by atoms with E-state index in [0.717, 1.165) is 0 Å². The summed E-state index contributed by atoms with van der Waals surface area (Å²) in [7, 11) is 0. The van der Waals surface area contributed by atoms with E-state index in [4.69, 9.17) is 0 Å². The Morgan fingerprint density at radius 3 is 0.364 bits per heavy atom. The van der Waals surface area contributed by atoms with Crippen LogP contribution in [0.5, 0.6) is 0 Å². The Kier molecular flexibility index (Phi) is 74.6. The molecule has 0 saturated carbocycles. The maximum atomic E-state index is 9.53. The van der Waals surface area contributed by atoms with E-state index in [-0.39, 0.29) is 34.1 Å². The van der Waals surface area contributed by atoms with Gasteiger partial charge in [-0.3, -0.25) is 0 Å². The molecule has 0 saturated heterocycles. The van der Waals surface area contributed by atoms with Crippen LogP contribution in [0.1, 0.15) is 69.2 Å². The molecule has 0 fully saturated rings. The quantitative estimate of drug-likeness (QED) is 0.468. The second-order valence-corrected chi connectivity index (χ2v) is 5.24. The van der Waals surface area contributed by atoms with Crippen molar-refractivity contribution in [3.8, 4) is 0 Å². The van der Waals surface area contributed by atoms with Crippen molar-refractivity contribution in [1.29, 1.82) is 0 Å². The van der Waals surface area contributed by atoms with E-state index in [1.54, 1.807) is 69.2 Å². The fraction of sp³-hybridized carbons (Fsp3) is 1.00. The van der Waals surface area contributed by atoms with Crippen LogP contribution in [0.4, 0.5) is 0 Å². The molecule has 140 valence electrons. The zero-order chi connectivity index (χ0) is 17.9. The summed E-state index contributed by atoms with van der Waals surface area (Å²) in [4.78, 5) is 0. The normalized spacial score (nSPS) is 8.18. The fourth-order valence-corrected chi connectivity index (χ4v) is 0. The van der Waals surface area contributed by atoms with Crippen molar-refractivity contribution >= 4 is 17.4 Å². The van der Waals surface area contributed by atoms with Crippen molar-refractivity contribution in [3.05, 3.63) is 0 Å². The van der Waals surface area contributed by atoms with Gasteiger partial charge in [-0.2, -0.15) is 0 Å². The summed E-state index contributed by atoms with van der Waals surface area (Å²) < 4.78 is 0. The Hall–Kier alpha value is 0.839. The average Bonchev–Trinajstić information content (AvgIpc) is 1.94. The summed E-state index contributed by atoms with van der Waals surface area (Å²) in [6, 6.07) is 0. The molecule has 4 radical (unpaired) electrons. The molecule has 0 rings (SSSR count). The third kappa shape index (κ3) is 11700. The molecule has 0 aliphatic carbocycles. The van der Waals surface area contributed by atoms with Crippen molar-refractivity contribution in [2.75, 3.05) is 0 Å². The van der Waals surface area contributed by atoms with Gasteiger partial charge in [-0.15, -0.1) is 30.5 Å².